The quantitative estimate of drug-likeness (QED) is 0.721. The van der Waals surface area contributed by atoms with Gasteiger partial charge in [-0.2, -0.15) is 0 Å². The highest BCUT2D eigenvalue weighted by Crippen LogP contribution is 2.35. The number of hydrogen-bond donors (Lipinski definition) is 1. The lowest BCUT2D eigenvalue weighted by molar-refractivity contribution is -0.122. The molecule has 162 valence electrons. The van der Waals surface area contributed by atoms with Crippen LogP contribution in [-0.4, -0.2) is 80.1 Å². The molecule has 1 aromatic carbocycles. The summed E-state index contributed by atoms with van der Waals surface area (Å²) in [6, 6.07) is 5.61. The van der Waals surface area contributed by atoms with Crippen molar-refractivity contribution in [2.75, 3.05) is 53.5 Å². The van der Waals surface area contributed by atoms with Gasteiger partial charge >= 0.3 is 0 Å². The Labute approximate surface area is 180 Å². The van der Waals surface area contributed by atoms with Crippen molar-refractivity contribution in [3.8, 4) is 22.1 Å². The number of hydrogen-bond acceptors (Lipinski definition) is 7. The van der Waals surface area contributed by atoms with Gasteiger partial charge in [-0.25, -0.2) is 4.98 Å². The highest BCUT2D eigenvalue weighted by Gasteiger charge is 2.26. The Morgan fingerprint density at radius 1 is 1.13 bits per heavy atom. The van der Waals surface area contributed by atoms with Crippen LogP contribution in [0.2, 0.25) is 0 Å². The van der Waals surface area contributed by atoms with E-state index in [1.54, 1.807) is 14.2 Å². The van der Waals surface area contributed by atoms with Gasteiger partial charge in [-0.1, -0.05) is 0 Å². The second kappa shape index (κ2) is 9.90. The third-order valence-electron chi connectivity index (χ3n) is 5.02. The molecule has 2 aromatic rings. The second-order valence-corrected chi connectivity index (χ2v) is 8.02. The summed E-state index contributed by atoms with van der Waals surface area (Å²) in [4.78, 5) is 34.0. The fraction of sp³-hybridized carbons (Fsp3) is 0.476. The number of thiazole rings is 1. The van der Waals surface area contributed by atoms with Crippen LogP contribution in [0.25, 0.3) is 10.6 Å². The van der Waals surface area contributed by atoms with E-state index in [0.717, 1.165) is 16.3 Å². The van der Waals surface area contributed by atoms with Crippen LogP contribution in [-0.2, 0) is 4.79 Å². The maximum absolute atomic E-state index is 13.1. The molecule has 1 saturated heterocycles. The Kier molecular flexibility index (Phi) is 7.28. The average molecular weight is 433 g/mol. The van der Waals surface area contributed by atoms with Gasteiger partial charge in [-0.05, 0) is 32.0 Å². The number of methoxy groups -OCH3 is 2. The lowest BCUT2D eigenvalue weighted by atomic mass is 10.2. The van der Waals surface area contributed by atoms with Crippen molar-refractivity contribution < 1.29 is 19.1 Å². The zero-order valence-corrected chi connectivity index (χ0v) is 18.7. The Hall–Kier alpha value is -2.65. The van der Waals surface area contributed by atoms with Gasteiger partial charge in [-0.15, -0.1) is 11.3 Å². The van der Waals surface area contributed by atoms with Crippen LogP contribution in [0, 0.1) is 6.92 Å². The molecule has 0 atom stereocenters. The molecule has 2 heterocycles. The first-order chi connectivity index (χ1) is 14.5. The van der Waals surface area contributed by atoms with Gasteiger partial charge in [0.2, 0.25) is 5.91 Å². The number of rotatable bonds is 7. The number of amides is 2. The number of nitrogens with one attached hydrogen (secondary N) is 1. The number of carbonyl (C=O) groups excluding carboxylic acids is 2. The molecule has 1 N–H and O–H groups in total. The van der Waals surface area contributed by atoms with Crippen LogP contribution in [0.15, 0.2) is 18.2 Å². The minimum absolute atomic E-state index is 0.00520. The van der Waals surface area contributed by atoms with Crippen molar-refractivity contribution in [1.82, 2.24) is 20.1 Å². The molecule has 1 aliphatic heterocycles. The van der Waals surface area contributed by atoms with Gasteiger partial charge in [0.05, 0.1) is 26.5 Å². The molecule has 1 aromatic heterocycles. The molecule has 9 heteroatoms. The van der Waals surface area contributed by atoms with Crippen molar-refractivity contribution in [2.45, 2.75) is 13.8 Å². The topological polar surface area (TPSA) is 84.0 Å². The molecule has 0 aliphatic carbocycles. The Balaban J connectivity index is 1.68. The van der Waals surface area contributed by atoms with E-state index in [-0.39, 0.29) is 11.8 Å². The smallest absolute Gasteiger partial charge is 0.265 e. The number of likely N-dealkylation sites (N-methyl/N-ethyl adjacent to an activating group) is 1. The Morgan fingerprint density at radius 2 is 1.83 bits per heavy atom. The minimum Gasteiger partial charge on any atom is -0.493 e. The maximum Gasteiger partial charge on any atom is 0.265 e. The largest absolute Gasteiger partial charge is 0.493 e. The molecule has 30 heavy (non-hydrogen) atoms. The molecule has 0 saturated carbocycles. The van der Waals surface area contributed by atoms with Gasteiger partial charge in [0.25, 0.3) is 5.91 Å². The standard InChI is InChI=1S/C21H28N4O4S/c1-5-22-18(26)13-24-8-10-25(11-9-24)21(27)19-14(2)23-20(30-19)15-6-7-16(28-3)17(12-15)29-4/h6-7,12H,5,8-11,13H2,1-4H3,(H,22,26). The van der Waals surface area contributed by atoms with E-state index in [1.165, 1.54) is 11.3 Å². The van der Waals surface area contributed by atoms with Crippen LogP contribution < -0.4 is 14.8 Å². The van der Waals surface area contributed by atoms with Gasteiger partial charge < -0.3 is 19.7 Å². The number of aromatic nitrogens is 1. The molecule has 2 amide bonds. The van der Waals surface area contributed by atoms with Crippen molar-refractivity contribution >= 4 is 23.2 Å². The van der Waals surface area contributed by atoms with E-state index in [4.69, 9.17) is 9.47 Å². The average Bonchev–Trinajstić information content (AvgIpc) is 3.15. The Morgan fingerprint density at radius 3 is 2.47 bits per heavy atom. The zero-order valence-electron chi connectivity index (χ0n) is 17.9. The van der Waals surface area contributed by atoms with E-state index in [2.05, 4.69) is 15.2 Å². The molecular formula is C21H28N4O4S. The summed E-state index contributed by atoms with van der Waals surface area (Å²) in [5.41, 5.74) is 1.60. The van der Waals surface area contributed by atoms with Gasteiger partial charge in [0, 0.05) is 38.3 Å². The number of nitrogens with zero attached hydrogens (tertiary/aromatic N) is 3. The fourth-order valence-corrected chi connectivity index (χ4v) is 4.43. The predicted molar refractivity (Wildman–Crippen MR) is 116 cm³/mol. The lowest BCUT2D eigenvalue weighted by Crippen LogP contribution is -2.51. The lowest BCUT2D eigenvalue weighted by Gasteiger charge is -2.34. The molecule has 1 aliphatic rings. The van der Waals surface area contributed by atoms with Crippen LogP contribution in [0.5, 0.6) is 11.5 Å². The van der Waals surface area contributed by atoms with Gasteiger partial charge in [0.15, 0.2) is 11.5 Å². The minimum atomic E-state index is -0.00520. The van der Waals surface area contributed by atoms with Crippen molar-refractivity contribution in [3.05, 3.63) is 28.8 Å². The summed E-state index contributed by atoms with van der Waals surface area (Å²) < 4.78 is 10.7. The predicted octanol–water partition coefficient (Wildman–Crippen LogP) is 2.03. The molecule has 0 spiro atoms. The second-order valence-electron chi connectivity index (χ2n) is 7.03. The third-order valence-corrected chi connectivity index (χ3v) is 6.22. The van der Waals surface area contributed by atoms with Crippen LogP contribution in [0.3, 0.4) is 0 Å². The maximum atomic E-state index is 13.1. The van der Waals surface area contributed by atoms with Crippen molar-refractivity contribution in [2.24, 2.45) is 0 Å². The highest BCUT2D eigenvalue weighted by molar-refractivity contribution is 7.17. The van der Waals surface area contributed by atoms with E-state index in [9.17, 15) is 9.59 Å². The number of piperazine rings is 1. The highest BCUT2D eigenvalue weighted by atomic mass is 32.1. The summed E-state index contributed by atoms with van der Waals surface area (Å²) >= 11 is 1.39. The SMILES string of the molecule is CCNC(=O)CN1CCN(C(=O)c2sc(-c3ccc(OC)c(OC)c3)nc2C)CC1. The van der Waals surface area contributed by atoms with Crippen molar-refractivity contribution in [1.29, 1.82) is 0 Å². The van der Waals surface area contributed by atoms with E-state index >= 15 is 0 Å². The molecule has 0 unspecified atom stereocenters. The molecule has 0 bridgehead atoms. The summed E-state index contributed by atoms with van der Waals surface area (Å²) in [6.45, 7) is 7.33. The van der Waals surface area contributed by atoms with E-state index in [0.29, 0.717) is 55.6 Å². The molecule has 0 radical (unpaired) electrons. The van der Waals surface area contributed by atoms with Crippen LogP contribution in [0.1, 0.15) is 22.3 Å². The monoisotopic (exact) mass is 432 g/mol. The summed E-state index contributed by atoms with van der Waals surface area (Å²) in [7, 11) is 3.19. The first kappa shape index (κ1) is 22.0. The fourth-order valence-electron chi connectivity index (χ4n) is 3.40. The molecular weight excluding hydrogens is 404 g/mol. The summed E-state index contributed by atoms with van der Waals surface area (Å²) in [5.74, 6) is 1.29. The number of benzene rings is 1. The van der Waals surface area contributed by atoms with Crippen molar-refractivity contribution in [3.63, 3.8) is 0 Å². The number of ether oxygens (including phenoxy) is 2. The van der Waals surface area contributed by atoms with Crippen LogP contribution in [0.4, 0.5) is 0 Å². The molecule has 3 rings (SSSR count). The third kappa shape index (κ3) is 4.91. The van der Waals surface area contributed by atoms with Gasteiger partial charge in [-0.3, -0.25) is 14.5 Å². The number of carbonyl (C=O) groups is 2. The summed E-state index contributed by atoms with van der Waals surface area (Å²) in [6.07, 6.45) is 0. The van der Waals surface area contributed by atoms with Gasteiger partial charge in [0.1, 0.15) is 9.88 Å². The zero-order chi connectivity index (χ0) is 21.7. The molecule has 1 fully saturated rings. The normalized spacial score (nSPS) is 14.5. The summed E-state index contributed by atoms with van der Waals surface area (Å²) in [5, 5.41) is 3.58. The molecule has 8 nitrogen and oxygen atoms in total. The Bertz CT molecular complexity index is 906. The van der Waals surface area contributed by atoms with E-state index in [1.807, 2.05) is 36.9 Å². The van der Waals surface area contributed by atoms with E-state index < -0.39 is 0 Å². The van der Waals surface area contributed by atoms with Crippen LogP contribution >= 0.6 is 11.3 Å². The first-order valence-corrected chi connectivity index (χ1v) is 10.8. The number of aryl methyl sites for hydroxylation is 1. The first-order valence-electron chi connectivity index (χ1n) is 9.95.